The summed E-state index contributed by atoms with van der Waals surface area (Å²) in [7, 11) is 1.61. The number of carbonyl (C=O) groups is 1. The Morgan fingerprint density at radius 3 is 2.63 bits per heavy atom. The predicted molar refractivity (Wildman–Crippen MR) is 159 cm³/mol. The van der Waals surface area contributed by atoms with E-state index in [9.17, 15) is 9.18 Å². The first kappa shape index (κ1) is 27.9. The van der Waals surface area contributed by atoms with Crippen molar-refractivity contribution in [2.45, 2.75) is 26.8 Å². The van der Waals surface area contributed by atoms with Gasteiger partial charge in [-0.2, -0.15) is 0 Å². The monoisotopic (exact) mass is 585 g/mol. The van der Waals surface area contributed by atoms with Crippen LogP contribution in [0.3, 0.4) is 0 Å². The number of piperazine rings is 1. The van der Waals surface area contributed by atoms with Gasteiger partial charge in [0.1, 0.15) is 40.2 Å². The lowest BCUT2D eigenvalue weighted by Crippen LogP contribution is -2.53. The number of nitrogens with zero attached hydrogens (tertiary/aromatic N) is 8. The Bertz CT molecular complexity index is 1910. The molecule has 43 heavy (non-hydrogen) atoms. The molecule has 0 saturated carbocycles. The summed E-state index contributed by atoms with van der Waals surface area (Å²) >= 11 is 0. The third kappa shape index (κ3) is 4.96. The first-order valence-electron chi connectivity index (χ1n) is 13.7. The molecule has 1 saturated heterocycles. The molecule has 0 spiro atoms. The molecular weight excluding hydrogens is 556 g/mol. The quantitative estimate of drug-likeness (QED) is 0.276. The van der Waals surface area contributed by atoms with E-state index in [0.29, 0.717) is 47.8 Å². The number of pyridine rings is 1. The van der Waals surface area contributed by atoms with Gasteiger partial charge in [-0.1, -0.05) is 11.8 Å². The lowest BCUT2D eigenvalue weighted by atomic mass is 10.1. The summed E-state index contributed by atoms with van der Waals surface area (Å²) in [4.78, 5) is 29.5. The molecule has 0 aliphatic carbocycles. The number of nitrogens with one attached hydrogen (secondary N) is 1. The number of benzene rings is 2. The van der Waals surface area contributed by atoms with Crippen LogP contribution >= 0.6 is 0 Å². The van der Waals surface area contributed by atoms with E-state index in [1.54, 1.807) is 37.9 Å². The number of hydrogen-bond acceptors (Lipinski definition) is 9. The molecule has 1 N–H and O–H groups in total. The molecular formula is C30H29F2N9O2. The Balaban J connectivity index is 1.27. The highest BCUT2D eigenvalue weighted by Gasteiger charge is 2.27. The fourth-order valence-corrected chi connectivity index (χ4v) is 5.28. The van der Waals surface area contributed by atoms with E-state index >= 15 is 4.39 Å². The molecule has 1 aliphatic heterocycles. The fourth-order valence-electron chi connectivity index (χ4n) is 5.28. The Labute approximate surface area is 245 Å². The van der Waals surface area contributed by atoms with Gasteiger partial charge in [0.15, 0.2) is 17.5 Å². The molecule has 0 unspecified atom stereocenters. The number of hydrogen-bond donors (Lipinski definition) is 1. The number of fused-ring (bicyclic) bond motifs is 2. The third-order valence-corrected chi connectivity index (χ3v) is 7.71. The van der Waals surface area contributed by atoms with Crippen molar-refractivity contribution >= 4 is 45.3 Å². The maximum absolute atomic E-state index is 15.7. The van der Waals surface area contributed by atoms with Crippen LogP contribution in [0.15, 0.2) is 49.3 Å². The average Bonchev–Trinajstić information content (AvgIpc) is 3.38. The van der Waals surface area contributed by atoms with Crippen LogP contribution in [0, 0.1) is 25.5 Å². The van der Waals surface area contributed by atoms with Crippen molar-refractivity contribution in [3.63, 3.8) is 0 Å². The van der Waals surface area contributed by atoms with Crippen LogP contribution < -0.4 is 15.0 Å². The Morgan fingerprint density at radius 2 is 1.86 bits per heavy atom. The Hall–Kier alpha value is -5.20. The molecule has 5 aromatic rings. The number of aryl methyl sites for hydroxylation is 1. The van der Waals surface area contributed by atoms with E-state index in [-0.39, 0.29) is 45.8 Å². The topological polar surface area (TPSA) is 114 Å². The summed E-state index contributed by atoms with van der Waals surface area (Å²) in [6.45, 7) is 10.5. The van der Waals surface area contributed by atoms with Gasteiger partial charge in [0.25, 0.3) is 0 Å². The van der Waals surface area contributed by atoms with E-state index in [2.05, 4.69) is 37.1 Å². The fraction of sp³-hybridized carbons (Fsp3) is 0.267. The molecule has 220 valence electrons. The van der Waals surface area contributed by atoms with E-state index in [1.165, 1.54) is 23.2 Å². The zero-order valence-electron chi connectivity index (χ0n) is 24.1. The molecule has 3 aromatic heterocycles. The SMILES string of the molecule is C=CC(=O)N1CCN(c2ccc3ncnc(Nc4ccc(Oc5cc6nnn(C)c6c(F)c5C)c(C)c4F)c3n2)C[C@H]1C. The molecule has 1 atom stereocenters. The largest absolute Gasteiger partial charge is 0.457 e. The summed E-state index contributed by atoms with van der Waals surface area (Å²) in [6, 6.07) is 8.40. The van der Waals surface area contributed by atoms with Gasteiger partial charge in [0, 0.05) is 49.9 Å². The zero-order chi connectivity index (χ0) is 30.4. The molecule has 1 aliphatic rings. The van der Waals surface area contributed by atoms with Crippen molar-refractivity contribution in [2.75, 3.05) is 29.9 Å². The minimum Gasteiger partial charge on any atom is -0.457 e. The summed E-state index contributed by atoms with van der Waals surface area (Å²) in [5, 5.41) is 10.9. The molecule has 0 radical (unpaired) electrons. The lowest BCUT2D eigenvalue weighted by Gasteiger charge is -2.40. The highest BCUT2D eigenvalue weighted by atomic mass is 19.1. The summed E-state index contributed by atoms with van der Waals surface area (Å²) in [5.41, 5.74) is 2.30. The highest BCUT2D eigenvalue weighted by molar-refractivity contribution is 5.89. The van der Waals surface area contributed by atoms with Crippen LogP contribution in [0.25, 0.3) is 22.1 Å². The van der Waals surface area contributed by atoms with Crippen molar-refractivity contribution in [1.82, 2.24) is 34.8 Å². The standard InChI is InChI=1S/C30H29F2N9O2/c1-6-25(42)41-12-11-40(14-16(41)2)24-10-8-20-28(36-24)30(34-15-33-20)35-19-7-9-22(17(3)26(19)31)43-23-13-21-29(27(32)18(23)4)39(5)38-37-21/h6-10,13,15-16H,1,11-12,14H2,2-5H3,(H,33,34,35)/t16-/m1/s1. The van der Waals surface area contributed by atoms with Crippen molar-refractivity contribution in [3.8, 4) is 11.5 Å². The summed E-state index contributed by atoms with van der Waals surface area (Å²) < 4.78 is 38.0. The number of anilines is 3. The van der Waals surface area contributed by atoms with E-state index in [1.807, 2.05) is 19.1 Å². The van der Waals surface area contributed by atoms with Crippen molar-refractivity contribution in [1.29, 1.82) is 0 Å². The smallest absolute Gasteiger partial charge is 0.246 e. The molecule has 6 rings (SSSR count). The minimum absolute atomic E-state index is 0.0259. The lowest BCUT2D eigenvalue weighted by molar-refractivity contribution is -0.128. The molecule has 4 heterocycles. The van der Waals surface area contributed by atoms with Gasteiger partial charge in [-0.3, -0.25) is 4.79 Å². The molecule has 13 heteroatoms. The number of amides is 1. The Kier molecular flexibility index (Phi) is 7.08. The van der Waals surface area contributed by atoms with Crippen LogP contribution in [-0.4, -0.2) is 66.4 Å². The number of halogens is 2. The maximum Gasteiger partial charge on any atom is 0.246 e. The van der Waals surface area contributed by atoms with E-state index in [4.69, 9.17) is 9.72 Å². The van der Waals surface area contributed by atoms with E-state index < -0.39 is 11.6 Å². The minimum atomic E-state index is -0.559. The Morgan fingerprint density at radius 1 is 1.07 bits per heavy atom. The van der Waals surface area contributed by atoms with Crippen LogP contribution in [-0.2, 0) is 11.8 Å². The van der Waals surface area contributed by atoms with Gasteiger partial charge in [-0.05, 0) is 51.1 Å². The van der Waals surface area contributed by atoms with Crippen LogP contribution in [0.5, 0.6) is 11.5 Å². The first-order valence-corrected chi connectivity index (χ1v) is 13.7. The summed E-state index contributed by atoms with van der Waals surface area (Å²) in [5.74, 6) is 0.322. The predicted octanol–water partition coefficient (Wildman–Crippen LogP) is 4.96. The van der Waals surface area contributed by atoms with E-state index in [0.717, 1.165) is 0 Å². The maximum atomic E-state index is 15.7. The zero-order valence-corrected chi connectivity index (χ0v) is 24.1. The van der Waals surface area contributed by atoms with Gasteiger partial charge >= 0.3 is 0 Å². The molecule has 0 bridgehead atoms. The second kappa shape index (κ2) is 10.9. The third-order valence-electron chi connectivity index (χ3n) is 7.71. The number of ether oxygens (including phenoxy) is 1. The van der Waals surface area contributed by atoms with Crippen LogP contribution in [0.4, 0.5) is 26.1 Å². The van der Waals surface area contributed by atoms with Crippen molar-refractivity contribution < 1.29 is 18.3 Å². The molecule has 2 aromatic carbocycles. The number of aromatic nitrogens is 6. The van der Waals surface area contributed by atoms with Crippen molar-refractivity contribution in [3.05, 3.63) is 72.1 Å². The van der Waals surface area contributed by atoms with Gasteiger partial charge in [0.05, 0.1) is 11.2 Å². The number of carbonyl (C=O) groups excluding carboxylic acids is 1. The first-order chi connectivity index (χ1) is 20.7. The van der Waals surface area contributed by atoms with Gasteiger partial charge in [0.2, 0.25) is 5.91 Å². The second-order valence-electron chi connectivity index (χ2n) is 10.5. The van der Waals surface area contributed by atoms with Crippen LogP contribution in [0.1, 0.15) is 18.1 Å². The molecule has 11 nitrogen and oxygen atoms in total. The van der Waals surface area contributed by atoms with Crippen molar-refractivity contribution in [2.24, 2.45) is 7.05 Å². The number of rotatable bonds is 6. The average molecular weight is 586 g/mol. The highest BCUT2D eigenvalue weighted by Crippen LogP contribution is 2.36. The normalized spacial score (nSPS) is 15.3. The summed E-state index contributed by atoms with van der Waals surface area (Å²) in [6.07, 6.45) is 2.71. The van der Waals surface area contributed by atoms with Gasteiger partial charge in [-0.15, -0.1) is 5.10 Å². The molecule has 1 fully saturated rings. The van der Waals surface area contributed by atoms with Crippen LogP contribution in [0.2, 0.25) is 0 Å². The van der Waals surface area contributed by atoms with Gasteiger partial charge in [-0.25, -0.2) is 28.4 Å². The molecule has 1 amide bonds. The van der Waals surface area contributed by atoms with Gasteiger partial charge < -0.3 is 19.9 Å². The second-order valence-corrected chi connectivity index (χ2v) is 10.5.